The maximum Gasteiger partial charge on any atom is 0.0571 e. The molecule has 1 saturated heterocycles. The van der Waals surface area contributed by atoms with Crippen LogP contribution in [-0.2, 0) is 4.74 Å². The molecule has 2 heteroatoms. The predicted molar refractivity (Wildman–Crippen MR) is 63.0 cm³/mol. The highest BCUT2D eigenvalue weighted by molar-refractivity contribution is 4.94. The fraction of sp³-hybridized carbons (Fsp3) is 1.00. The maximum atomic E-state index is 5.48. The van der Waals surface area contributed by atoms with E-state index in [1.54, 1.807) is 0 Å². The Hall–Kier alpha value is -0.0800. The van der Waals surface area contributed by atoms with Crippen molar-refractivity contribution < 1.29 is 4.74 Å². The zero-order valence-corrected chi connectivity index (χ0v) is 10.2. The first-order valence-corrected chi connectivity index (χ1v) is 6.54. The van der Waals surface area contributed by atoms with E-state index in [0.29, 0.717) is 11.5 Å². The lowest BCUT2D eigenvalue weighted by Gasteiger charge is -2.48. The molecule has 2 rings (SSSR count). The van der Waals surface area contributed by atoms with Crippen LogP contribution in [0.25, 0.3) is 0 Å². The van der Waals surface area contributed by atoms with E-state index in [9.17, 15) is 0 Å². The minimum absolute atomic E-state index is 0.544. The Bertz CT molecular complexity index is 197. The van der Waals surface area contributed by atoms with E-state index in [2.05, 4.69) is 12.2 Å². The zero-order valence-electron chi connectivity index (χ0n) is 10.2. The van der Waals surface area contributed by atoms with Crippen LogP contribution in [-0.4, -0.2) is 26.3 Å². The Kier molecular flexibility index (Phi) is 3.68. The molecule has 2 nitrogen and oxygen atoms in total. The average molecular weight is 211 g/mol. The van der Waals surface area contributed by atoms with Gasteiger partial charge in [0, 0.05) is 7.11 Å². The molecule has 1 unspecified atom stereocenters. The molecule has 0 bridgehead atoms. The lowest BCUT2D eigenvalue weighted by Crippen LogP contribution is -2.47. The molecule has 1 saturated carbocycles. The predicted octanol–water partition coefficient (Wildman–Crippen LogP) is 2.58. The SMILES string of the molecule is CCC1CNCCC12CCC(OC)CC2. The van der Waals surface area contributed by atoms with Gasteiger partial charge in [0.05, 0.1) is 6.10 Å². The van der Waals surface area contributed by atoms with E-state index in [0.717, 1.165) is 5.92 Å². The molecule has 15 heavy (non-hydrogen) atoms. The number of methoxy groups -OCH3 is 1. The van der Waals surface area contributed by atoms with Crippen molar-refractivity contribution in [2.45, 2.75) is 51.6 Å². The summed E-state index contributed by atoms with van der Waals surface area (Å²) in [7, 11) is 1.86. The maximum absolute atomic E-state index is 5.48. The van der Waals surface area contributed by atoms with Gasteiger partial charge in [-0.25, -0.2) is 0 Å². The lowest BCUT2D eigenvalue weighted by atomic mass is 9.61. The Labute approximate surface area is 93.8 Å². The van der Waals surface area contributed by atoms with Crippen LogP contribution < -0.4 is 5.32 Å². The molecule has 0 amide bonds. The van der Waals surface area contributed by atoms with E-state index in [1.165, 1.54) is 51.6 Å². The third-order valence-electron chi connectivity index (χ3n) is 4.81. The standard InChI is InChI=1S/C13H25NO/c1-3-11-10-14-9-8-13(11)6-4-12(15-2)5-7-13/h11-12,14H,3-10H2,1-2H3. The van der Waals surface area contributed by atoms with Crippen molar-refractivity contribution in [1.82, 2.24) is 5.32 Å². The molecular formula is C13H25NO. The summed E-state index contributed by atoms with van der Waals surface area (Å²) >= 11 is 0. The second-order valence-corrected chi connectivity index (χ2v) is 5.36. The molecule has 1 aliphatic carbocycles. The van der Waals surface area contributed by atoms with E-state index in [4.69, 9.17) is 4.74 Å². The number of hydrogen-bond donors (Lipinski definition) is 1. The molecule has 1 spiro atoms. The molecule has 1 N–H and O–H groups in total. The largest absolute Gasteiger partial charge is 0.381 e. The fourth-order valence-electron chi connectivity index (χ4n) is 3.67. The van der Waals surface area contributed by atoms with E-state index < -0.39 is 0 Å². The van der Waals surface area contributed by atoms with Gasteiger partial charge in [0.1, 0.15) is 0 Å². The van der Waals surface area contributed by atoms with Crippen molar-refractivity contribution in [2.75, 3.05) is 20.2 Å². The summed E-state index contributed by atoms with van der Waals surface area (Å²) in [5.41, 5.74) is 0.662. The van der Waals surface area contributed by atoms with Gasteiger partial charge in [0.2, 0.25) is 0 Å². The molecule has 88 valence electrons. The van der Waals surface area contributed by atoms with Gasteiger partial charge in [-0.05, 0) is 56.5 Å². The van der Waals surface area contributed by atoms with Gasteiger partial charge in [0.15, 0.2) is 0 Å². The molecule has 2 aliphatic rings. The minimum Gasteiger partial charge on any atom is -0.381 e. The van der Waals surface area contributed by atoms with Crippen molar-refractivity contribution in [2.24, 2.45) is 11.3 Å². The number of hydrogen-bond acceptors (Lipinski definition) is 2. The third-order valence-corrected chi connectivity index (χ3v) is 4.81. The summed E-state index contributed by atoms with van der Waals surface area (Å²) < 4.78 is 5.48. The second kappa shape index (κ2) is 4.84. The molecule has 1 heterocycles. The zero-order chi connectivity index (χ0) is 10.7. The van der Waals surface area contributed by atoms with Crippen molar-refractivity contribution in [3.05, 3.63) is 0 Å². The van der Waals surface area contributed by atoms with Crippen LogP contribution in [0.2, 0.25) is 0 Å². The first kappa shape index (κ1) is 11.4. The van der Waals surface area contributed by atoms with Crippen molar-refractivity contribution in [1.29, 1.82) is 0 Å². The van der Waals surface area contributed by atoms with Crippen LogP contribution >= 0.6 is 0 Å². The molecule has 2 fully saturated rings. The van der Waals surface area contributed by atoms with E-state index in [-0.39, 0.29) is 0 Å². The molecule has 0 radical (unpaired) electrons. The number of rotatable bonds is 2. The number of nitrogens with one attached hydrogen (secondary N) is 1. The summed E-state index contributed by atoms with van der Waals surface area (Å²) in [6.45, 7) is 4.82. The van der Waals surface area contributed by atoms with E-state index >= 15 is 0 Å². The highest BCUT2D eigenvalue weighted by atomic mass is 16.5. The Morgan fingerprint density at radius 2 is 2.00 bits per heavy atom. The van der Waals surface area contributed by atoms with Crippen LogP contribution in [0, 0.1) is 11.3 Å². The molecule has 0 aromatic heterocycles. The summed E-state index contributed by atoms with van der Waals surface area (Å²) in [5.74, 6) is 0.907. The molecule has 1 atom stereocenters. The van der Waals surface area contributed by atoms with Crippen LogP contribution in [0.4, 0.5) is 0 Å². The van der Waals surface area contributed by atoms with Crippen LogP contribution in [0.15, 0.2) is 0 Å². The smallest absolute Gasteiger partial charge is 0.0571 e. The topological polar surface area (TPSA) is 21.3 Å². The summed E-state index contributed by atoms with van der Waals surface area (Å²) in [6, 6.07) is 0. The van der Waals surface area contributed by atoms with Gasteiger partial charge in [0.25, 0.3) is 0 Å². The summed E-state index contributed by atoms with van der Waals surface area (Å²) in [5, 5.41) is 3.55. The van der Waals surface area contributed by atoms with Gasteiger partial charge < -0.3 is 10.1 Å². The molecule has 1 aliphatic heterocycles. The third kappa shape index (κ3) is 2.21. The van der Waals surface area contributed by atoms with Crippen LogP contribution in [0.3, 0.4) is 0 Å². The van der Waals surface area contributed by atoms with Gasteiger partial charge in [-0.2, -0.15) is 0 Å². The van der Waals surface area contributed by atoms with Gasteiger partial charge in [-0.15, -0.1) is 0 Å². The second-order valence-electron chi connectivity index (χ2n) is 5.36. The number of ether oxygens (including phenoxy) is 1. The molecular weight excluding hydrogens is 186 g/mol. The van der Waals surface area contributed by atoms with Gasteiger partial charge in [-0.1, -0.05) is 13.3 Å². The first-order chi connectivity index (χ1) is 7.30. The summed E-state index contributed by atoms with van der Waals surface area (Å²) in [4.78, 5) is 0. The van der Waals surface area contributed by atoms with Crippen molar-refractivity contribution >= 4 is 0 Å². The number of piperidine rings is 1. The van der Waals surface area contributed by atoms with Gasteiger partial charge in [-0.3, -0.25) is 0 Å². The highest BCUT2D eigenvalue weighted by Crippen LogP contribution is 2.48. The first-order valence-electron chi connectivity index (χ1n) is 6.54. The molecule has 0 aromatic carbocycles. The Morgan fingerprint density at radius 3 is 2.60 bits per heavy atom. The van der Waals surface area contributed by atoms with Crippen LogP contribution in [0.1, 0.15) is 45.4 Å². The summed E-state index contributed by atoms with van der Waals surface area (Å²) in [6.07, 6.45) is 8.63. The van der Waals surface area contributed by atoms with Crippen molar-refractivity contribution in [3.63, 3.8) is 0 Å². The Balaban J connectivity index is 1.99. The normalized spacial score (nSPS) is 42.0. The lowest BCUT2D eigenvalue weighted by molar-refractivity contribution is -0.0147. The highest BCUT2D eigenvalue weighted by Gasteiger charge is 2.42. The Morgan fingerprint density at radius 1 is 1.27 bits per heavy atom. The van der Waals surface area contributed by atoms with E-state index in [1.807, 2.05) is 7.11 Å². The van der Waals surface area contributed by atoms with Crippen molar-refractivity contribution in [3.8, 4) is 0 Å². The quantitative estimate of drug-likeness (QED) is 0.758. The minimum atomic E-state index is 0.544. The van der Waals surface area contributed by atoms with Gasteiger partial charge >= 0.3 is 0 Å². The molecule has 0 aromatic rings. The van der Waals surface area contributed by atoms with Crippen LogP contribution in [0.5, 0.6) is 0 Å². The average Bonchev–Trinajstić information content (AvgIpc) is 2.31. The monoisotopic (exact) mass is 211 g/mol. The fourth-order valence-corrected chi connectivity index (χ4v) is 3.67.